The first kappa shape index (κ1) is 21.6. The molecule has 1 aromatic carbocycles. The minimum atomic E-state index is -0.495. The molecule has 4 aromatic rings. The summed E-state index contributed by atoms with van der Waals surface area (Å²) in [5, 5.41) is 5.43. The second-order valence-electron chi connectivity index (χ2n) is 6.41. The Labute approximate surface area is 194 Å². The number of anilines is 1. The van der Waals surface area contributed by atoms with Crippen LogP contribution in [-0.2, 0) is 11.3 Å². The van der Waals surface area contributed by atoms with E-state index in [9.17, 15) is 9.59 Å². The summed E-state index contributed by atoms with van der Waals surface area (Å²) in [5.74, 6) is -0.557. The van der Waals surface area contributed by atoms with Crippen molar-refractivity contribution >= 4 is 73.1 Å². The number of nitrogens with zero attached hydrogens (tertiary/aromatic N) is 1. The molecule has 7 nitrogen and oxygen atoms in total. The number of hydrogen-bond donors (Lipinski definition) is 2. The summed E-state index contributed by atoms with van der Waals surface area (Å²) in [6, 6.07) is 7.11. The molecule has 0 saturated heterocycles. The van der Waals surface area contributed by atoms with Crippen molar-refractivity contribution in [1.29, 1.82) is 0 Å². The highest BCUT2D eigenvalue weighted by Gasteiger charge is 2.21. The van der Waals surface area contributed by atoms with Crippen LogP contribution in [0.2, 0.25) is 10.0 Å². The number of aromatic amines is 1. The fourth-order valence-corrected chi connectivity index (χ4v) is 4.78. The molecule has 0 aliphatic heterocycles. The van der Waals surface area contributed by atoms with Crippen molar-refractivity contribution in [3.63, 3.8) is 0 Å². The molecule has 0 radical (unpaired) electrons. The number of thiazole rings is 1. The lowest BCUT2D eigenvalue weighted by molar-refractivity contribution is 0.0600. The Morgan fingerprint density at radius 2 is 2.06 bits per heavy atom. The van der Waals surface area contributed by atoms with E-state index in [2.05, 4.69) is 15.3 Å². The number of esters is 1. The number of rotatable bonds is 6. The predicted octanol–water partition coefficient (Wildman–Crippen LogP) is 5.92. The van der Waals surface area contributed by atoms with Crippen molar-refractivity contribution in [2.45, 2.75) is 13.5 Å². The van der Waals surface area contributed by atoms with Crippen LogP contribution in [-0.4, -0.2) is 29.0 Å². The second kappa shape index (κ2) is 8.88. The molecule has 0 fully saturated rings. The molecule has 0 saturated carbocycles. The number of benzene rings is 1. The van der Waals surface area contributed by atoms with Crippen LogP contribution in [0.5, 0.6) is 5.75 Å². The smallest absolute Gasteiger partial charge is 0.338 e. The third-order valence-corrected chi connectivity index (χ3v) is 7.05. The van der Waals surface area contributed by atoms with E-state index in [-0.39, 0.29) is 10.7 Å². The highest BCUT2D eigenvalue weighted by molar-refractivity contribution is 7.22. The lowest BCUT2D eigenvalue weighted by atomic mass is 10.2. The van der Waals surface area contributed by atoms with Gasteiger partial charge in [-0.1, -0.05) is 40.6 Å². The molecule has 160 valence electrons. The quantitative estimate of drug-likeness (QED) is 0.323. The van der Waals surface area contributed by atoms with E-state index in [1.54, 1.807) is 30.4 Å². The van der Waals surface area contributed by atoms with E-state index in [0.29, 0.717) is 44.0 Å². The van der Waals surface area contributed by atoms with Crippen LogP contribution >= 0.6 is 45.9 Å². The predicted molar refractivity (Wildman–Crippen MR) is 123 cm³/mol. The van der Waals surface area contributed by atoms with Crippen LogP contribution in [0.3, 0.4) is 0 Å². The topological polar surface area (TPSA) is 93.3 Å². The molecule has 4 rings (SSSR count). The molecule has 3 aromatic heterocycles. The highest BCUT2D eigenvalue weighted by atomic mass is 35.5. The summed E-state index contributed by atoms with van der Waals surface area (Å²) in [7, 11) is 1.31. The van der Waals surface area contributed by atoms with Gasteiger partial charge in [0, 0.05) is 10.6 Å². The number of carbonyl (C=O) groups excluding carboxylic acids is 2. The zero-order valence-corrected chi connectivity index (χ0v) is 19.4. The van der Waals surface area contributed by atoms with E-state index in [4.69, 9.17) is 32.7 Å². The SMILES string of the molecule is COC(=O)c1cc(OCc2cccs2)c2nc(NC(=O)c3[nH]c(C)c(Cl)c3Cl)sc2c1. The van der Waals surface area contributed by atoms with Gasteiger partial charge < -0.3 is 14.5 Å². The Hall–Kier alpha value is -2.59. The van der Waals surface area contributed by atoms with E-state index < -0.39 is 11.9 Å². The van der Waals surface area contributed by atoms with Gasteiger partial charge >= 0.3 is 5.97 Å². The number of halogens is 2. The molecular weight excluding hydrogens is 481 g/mol. The number of thiophene rings is 1. The van der Waals surface area contributed by atoms with Gasteiger partial charge in [0.25, 0.3) is 5.91 Å². The maximum absolute atomic E-state index is 12.6. The first-order valence-electron chi connectivity index (χ1n) is 8.90. The van der Waals surface area contributed by atoms with Gasteiger partial charge in [0.1, 0.15) is 23.6 Å². The molecule has 11 heteroatoms. The Morgan fingerprint density at radius 3 is 2.71 bits per heavy atom. The first-order valence-corrected chi connectivity index (χ1v) is 11.4. The summed E-state index contributed by atoms with van der Waals surface area (Å²) in [6.45, 7) is 2.04. The molecule has 3 heterocycles. The van der Waals surface area contributed by atoms with E-state index >= 15 is 0 Å². The number of fused-ring (bicyclic) bond motifs is 1. The zero-order valence-electron chi connectivity index (χ0n) is 16.2. The van der Waals surface area contributed by atoms with Crippen molar-refractivity contribution < 1.29 is 19.1 Å². The van der Waals surface area contributed by atoms with Gasteiger partial charge in [-0.05, 0) is 30.5 Å². The fraction of sp³-hybridized carbons (Fsp3) is 0.150. The Bertz CT molecular complexity index is 1280. The van der Waals surface area contributed by atoms with Crippen LogP contribution in [0.25, 0.3) is 10.2 Å². The molecule has 0 aliphatic carbocycles. The van der Waals surface area contributed by atoms with Crippen molar-refractivity contribution in [2.24, 2.45) is 0 Å². The minimum absolute atomic E-state index is 0.144. The van der Waals surface area contributed by atoms with Gasteiger partial charge in [-0.15, -0.1) is 11.3 Å². The molecular formula is C20H15Cl2N3O4S2. The Kier molecular flexibility index (Phi) is 6.19. The number of ether oxygens (including phenoxy) is 2. The van der Waals surface area contributed by atoms with E-state index in [1.807, 2.05) is 17.5 Å². The largest absolute Gasteiger partial charge is 0.486 e. The fourth-order valence-electron chi connectivity index (χ4n) is 2.83. The lowest BCUT2D eigenvalue weighted by Crippen LogP contribution is -2.12. The minimum Gasteiger partial charge on any atom is -0.486 e. The summed E-state index contributed by atoms with van der Waals surface area (Å²) in [5.41, 5.74) is 1.59. The van der Waals surface area contributed by atoms with Gasteiger partial charge in [-0.3, -0.25) is 10.1 Å². The molecule has 0 unspecified atom stereocenters. The number of methoxy groups -OCH3 is 1. The van der Waals surface area contributed by atoms with E-state index in [0.717, 1.165) is 4.88 Å². The van der Waals surface area contributed by atoms with Gasteiger partial charge in [0.15, 0.2) is 5.13 Å². The van der Waals surface area contributed by atoms with Crippen molar-refractivity contribution in [2.75, 3.05) is 12.4 Å². The number of H-pyrrole nitrogens is 1. The van der Waals surface area contributed by atoms with Crippen molar-refractivity contribution in [3.05, 3.63) is 61.5 Å². The molecule has 0 aliphatic rings. The van der Waals surface area contributed by atoms with Gasteiger partial charge in [-0.2, -0.15) is 0 Å². The maximum Gasteiger partial charge on any atom is 0.338 e. The molecule has 1 amide bonds. The normalized spacial score (nSPS) is 11.0. The standard InChI is InChI=1S/C20H15Cl2N3O4S2/c1-9-14(21)15(22)17(23-9)18(26)25-20-24-16-12(29-8-11-4-3-5-30-11)6-10(19(27)28-2)7-13(16)31-20/h3-7,23H,8H2,1-2H3,(H,24,25,26). The van der Waals surface area contributed by atoms with Crippen LogP contribution in [0, 0.1) is 6.92 Å². The number of aromatic nitrogens is 2. The van der Waals surface area contributed by atoms with Gasteiger partial charge in [0.05, 0.1) is 27.4 Å². The van der Waals surface area contributed by atoms with Crippen LogP contribution in [0.4, 0.5) is 5.13 Å². The van der Waals surface area contributed by atoms with Crippen LogP contribution < -0.4 is 10.1 Å². The zero-order chi connectivity index (χ0) is 22.1. The summed E-state index contributed by atoms with van der Waals surface area (Å²) < 4.78 is 11.4. The third kappa shape index (κ3) is 4.40. The number of hydrogen-bond acceptors (Lipinski definition) is 7. The Balaban J connectivity index is 1.67. The first-order chi connectivity index (χ1) is 14.9. The van der Waals surface area contributed by atoms with Gasteiger partial charge in [-0.25, -0.2) is 9.78 Å². The van der Waals surface area contributed by atoms with Crippen molar-refractivity contribution in [1.82, 2.24) is 9.97 Å². The average Bonchev–Trinajstić information content (AvgIpc) is 3.47. The molecule has 2 N–H and O–H groups in total. The highest BCUT2D eigenvalue weighted by Crippen LogP contribution is 2.36. The molecule has 0 bridgehead atoms. The number of nitrogens with one attached hydrogen (secondary N) is 2. The van der Waals surface area contributed by atoms with Crippen molar-refractivity contribution in [3.8, 4) is 5.75 Å². The summed E-state index contributed by atoms with van der Waals surface area (Å²) in [6.07, 6.45) is 0. The average molecular weight is 496 g/mol. The van der Waals surface area contributed by atoms with Crippen LogP contribution in [0.15, 0.2) is 29.6 Å². The van der Waals surface area contributed by atoms with Gasteiger partial charge in [0.2, 0.25) is 0 Å². The number of aryl methyl sites for hydroxylation is 1. The monoisotopic (exact) mass is 495 g/mol. The number of amides is 1. The molecule has 0 atom stereocenters. The third-order valence-electron chi connectivity index (χ3n) is 4.33. The maximum atomic E-state index is 12.6. The summed E-state index contributed by atoms with van der Waals surface area (Å²) in [4.78, 5) is 33.1. The lowest BCUT2D eigenvalue weighted by Gasteiger charge is -2.07. The molecule has 0 spiro atoms. The van der Waals surface area contributed by atoms with E-state index in [1.165, 1.54) is 18.4 Å². The molecule has 31 heavy (non-hydrogen) atoms. The Morgan fingerprint density at radius 1 is 1.26 bits per heavy atom. The number of carbonyl (C=O) groups is 2. The van der Waals surface area contributed by atoms with Crippen LogP contribution in [0.1, 0.15) is 31.4 Å². The second-order valence-corrected chi connectivity index (χ2v) is 9.23. The summed E-state index contributed by atoms with van der Waals surface area (Å²) >= 11 is 14.9.